The molecule has 4 fully saturated rings. The lowest BCUT2D eigenvalue weighted by Crippen LogP contribution is -2.53. The number of carbonyl (C=O) groups is 2. The number of carbonyl (C=O) groups excluding carboxylic acids is 2. The molecule has 0 saturated heterocycles. The smallest absolute Gasteiger partial charge is 0.226 e. The molecular formula is C27H46N2O4S. The van der Waals surface area contributed by atoms with Crippen molar-refractivity contribution in [3.63, 3.8) is 0 Å². The highest BCUT2D eigenvalue weighted by Crippen LogP contribution is 2.36. The van der Waals surface area contributed by atoms with Gasteiger partial charge in [0, 0.05) is 36.2 Å². The molecule has 0 heterocycles. The van der Waals surface area contributed by atoms with Crippen molar-refractivity contribution in [3.8, 4) is 0 Å². The fraction of sp³-hybridized carbons (Fsp3) is 0.926. The number of nitrogens with one attached hydrogen (secondary N) is 1. The predicted octanol–water partition coefficient (Wildman–Crippen LogP) is 4.76. The zero-order valence-corrected chi connectivity index (χ0v) is 22.0. The van der Waals surface area contributed by atoms with Crippen LogP contribution in [0, 0.1) is 11.8 Å². The molecule has 0 atom stereocenters. The molecule has 0 aliphatic heterocycles. The molecule has 4 saturated carbocycles. The number of hydrogen-bond acceptors (Lipinski definition) is 4. The summed E-state index contributed by atoms with van der Waals surface area (Å²) in [6.45, 7) is 1.72. The molecule has 0 aromatic carbocycles. The minimum Gasteiger partial charge on any atom is -0.353 e. The molecule has 0 aromatic rings. The van der Waals surface area contributed by atoms with Gasteiger partial charge in [-0.1, -0.05) is 26.2 Å². The second-order valence-corrected chi connectivity index (χ2v) is 14.1. The van der Waals surface area contributed by atoms with Gasteiger partial charge in [0.1, 0.15) is 0 Å². The molecule has 7 heteroatoms. The van der Waals surface area contributed by atoms with Gasteiger partial charge in [-0.2, -0.15) is 0 Å². The predicted molar refractivity (Wildman–Crippen MR) is 135 cm³/mol. The van der Waals surface area contributed by atoms with Crippen LogP contribution in [-0.2, 0) is 19.4 Å². The van der Waals surface area contributed by atoms with E-state index < -0.39 is 9.84 Å². The van der Waals surface area contributed by atoms with Crippen molar-refractivity contribution in [3.05, 3.63) is 0 Å². The van der Waals surface area contributed by atoms with Crippen LogP contribution in [0.3, 0.4) is 0 Å². The highest BCUT2D eigenvalue weighted by Gasteiger charge is 2.39. The quantitative estimate of drug-likeness (QED) is 0.527. The lowest BCUT2D eigenvalue weighted by Gasteiger charge is -2.46. The summed E-state index contributed by atoms with van der Waals surface area (Å²) in [7, 11) is -2.96. The average Bonchev–Trinajstić information content (AvgIpc) is 2.82. The Bertz CT molecular complexity index is 787. The molecule has 2 amide bonds. The van der Waals surface area contributed by atoms with E-state index in [2.05, 4.69) is 10.2 Å². The topological polar surface area (TPSA) is 83.5 Å². The standard InChI is InChI=1S/C27H46N2O4S/c1-2-34(32,33)25-17-11-20(12-18-25)19-26(30)28-22-15-13-21(14-16-22)27(31)29(24-9-6-10-24)23-7-4-3-5-8-23/h20-25H,2-19H2,1H3,(H,28,30). The van der Waals surface area contributed by atoms with Crippen LogP contribution in [0.4, 0.5) is 0 Å². The van der Waals surface area contributed by atoms with E-state index in [1.807, 2.05) is 0 Å². The lowest BCUT2D eigenvalue weighted by molar-refractivity contribution is -0.145. The third-order valence-corrected chi connectivity index (χ3v) is 11.6. The van der Waals surface area contributed by atoms with E-state index >= 15 is 0 Å². The summed E-state index contributed by atoms with van der Waals surface area (Å²) in [4.78, 5) is 28.5. The number of hydrogen-bond donors (Lipinski definition) is 1. The van der Waals surface area contributed by atoms with Crippen molar-refractivity contribution in [2.45, 2.75) is 139 Å². The minimum absolute atomic E-state index is 0.106. The Morgan fingerprint density at radius 1 is 0.765 bits per heavy atom. The summed E-state index contributed by atoms with van der Waals surface area (Å²) in [6, 6.07) is 1.13. The lowest BCUT2D eigenvalue weighted by atomic mass is 9.81. The molecule has 34 heavy (non-hydrogen) atoms. The Morgan fingerprint density at radius 2 is 1.35 bits per heavy atom. The molecule has 0 radical (unpaired) electrons. The van der Waals surface area contributed by atoms with E-state index in [1.165, 1.54) is 51.4 Å². The van der Waals surface area contributed by atoms with Crippen molar-refractivity contribution in [2.75, 3.05) is 5.75 Å². The van der Waals surface area contributed by atoms with Gasteiger partial charge in [-0.05, 0) is 89.4 Å². The Morgan fingerprint density at radius 3 is 1.88 bits per heavy atom. The summed E-state index contributed by atoms with van der Waals surface area (Å²) in [6.07, 6.45) is 16.9. The second-order valence-electron chi connectivity index (χ2n) is 11.5. The van der Waals surface area contributed by atoms with Crippen LogP contribution in [-0.4, -0.2) is 54.3 Å². The zero-order valence-electron chi connectivity index (χ0n) is 21.2. The van der Waals surface area contributed by atoms with E-state index in [0.29, 0.717) is 43.2 Å². The largest absolute Gasteiger partial charge is 0.353 e. The molecule has 1 N–H and O–H groups in total. The zero-order chi connectivity index (χ0) is 24.1. The van der Waals surface area contributed by atoms with Crippen LogP contribution < -0.4 is 5.32 Å². The first-order valence-electron chi connectivity index (χ1n) is 14.2. The molecule has 0 unspecified atom stereocenters. The number of rotatable bonds is 8. The van der Waals surface area contributed by atoms with Gasteiger partial charge in [-0.3, -0.25) is 9.59 Å². The number of sulfone groups is 1. The summed E-state index contributed by atoms with van der Waals surface area (Å²) in [5.41, 5.74) is 0. The van der Waals surface area contributed by atoms with Gasteiger partial charge in [0.25, 0.3) is 0 Å². The van der Waals surface area contributed by atoms with Gasteiger partial charge in [0.05, 0.1) is 5.25 Å². The number of nitrogens with zero attached hydrogens (tertiary/aromatic N) is 1. The molecule has 194 valence electrons. The van der Waals surface area contributed by atoms with Gasteiger partial charge in [-0.15, -0.1) is 0 Å². The van der Waals surface area contributed by atoms with Crippen LogP contribution in [0.25, 0.3) is 0 Å². The summed E-state index contributed by atoms with van der Waals surface area (Å²) < 4.78 is 24.2. The highest BCUT2D eigenvalue weighted by atomic mass is 32.2. The van der Waals surface area contributed by atoms with Crippen LogP contribution in [0.15, 0.2) is 0 Å². The van der Waals surface area contributed by atoms with E-state index in [0.717, 1.165) is 38.5 Å². The maximum absolute atomic E-state index is 13.5. The van der Waals surface area contributed by atoms with Gasteiger partial charge >= 0.3 is 0 Å². The molecule has 0 bridgehead atoms. The van der Waals surface area contributed by atoms with E-state index in [-0.39, 0.29) is 28.9 Å². The van der Waals surface area contributed by atoms with Gasteiger partial charge < -0.3 is 10.2 Å². The van der Waals surface area contributed by atoms with Crippen molar-refractivity contribution >= 4 is 21.7 Å². The highest BCUT2D eigenvalue weighted by molar-refractivity contribution is 7.92. The van der Waals surface area contributed by atoms with Gasteiger partial charge in [-0.25, -0.2) is 8.42 Å². The van der Waals surface area contributed by atoms with Crippen LogP contribution in [0.5, 0.6) is 0 Å². The Balaban J connectivity index is 1.20. The molecule has 0 spiro atoms. The van der Waals surface area contributed by atoms with Crippen molar-refractivity contribution < 1.29 is 18.0 Å². The van der Waals surface area contributed by atoms with Crippen LogP contribution in [0.1, 0.15) is 116 Å². The molecule has 4 aliphatic rings. The normalized spacial score (nSPS) is 31.4. The van der Waals surface area contributed by atoms with Crippen molar-refractivity contribution in [2.24, 2.45) is 11.8 Å². The Labute approximate surface area is 206 Å². The third kappa shape index (κ3) is 6.36. The molecule has 4 aliphatic carbocycles. The molecule has 0 aromatic heterocycles. The molecule has 4 rings (SSSR count). The van der Waals surface area contributed by atoms with E-state index in [9.17, 15) is 18.0 Å². The fourth-order valence-corrected chi connectivity index (χ4v) is 8.32. The monoisotopic (exact) mass is 494 g/mol. The van der Waals surface area contributed by atoms with Crippen molar-refractivity contribution in [1.82, 2.24) is 10.2 Å². The van der Waals surface area contributed by atoms with Gasteiger partial charge in [0.2, 0.25) is 11.8 Å². The second kappa shape index (κ2) is 11.7. The minimum atomic E-state index is -2.96. The van der Waals surface area contributed by atoms with E-state index in [4.69, 9.17) is 0 Å². The molecular weight excluding hydrogens is 448 g/mol. The average molecular weight is 495 g/mol. The van der Waals surface area contributed by atoms with Crippen LogP contribution in [0.2, 0.25) is 0 Å². The van der Waals surface area contributed by atoms with E-state index in [1.54, 1.807) is 6.92 Å². The first-order chi connectivity index (χ1) is 16.4. The Hall–Kier alpha value is -1.11. The summed E-state index contributed by atoms with van der Waals surface area (Å²) in [5, 5.41) is 3.02. The summed E-state index contributed by atoms with van der Waals surface area (Å²) in [5.74, 6) is 1.15. The first-order valence-corrected chi connectivity index (χ1v) is 15.9. The maximum Gasteiger partial charge on any atom is 0.226 e. The molecule has 6 nitrogen and oxygen atoms in total. The third-order valence-electron chi connectivity index (χ3n) is 9.31. The fourth-order valence-electron chi connectivity index (χ4n) is 6.86. The van der Waals surface area contributed by atoms with Crippen LogP contribution >= 0.6 is 0 Å². The first kappa shape index (κ1) is 26.0. The number of amides is 2. The maximum atomic E-state index is 13.5. The summed E-state index contributed by atoms with van der Waals surface area (Å²) >= 11 is 0. The Kier molecular flexibility index (Phi) is 8.97. The van der Waals surface area contributed by atoms with Crippen molar-refractivity contribution in [1.29, 1.82) is 0 Å². The SMILES string of the molecule is CCS(=O)(=O)C1CCC(CC(=O)NC2CCC(C(=O)N(C3CCCCC3)C3CCC3)CC2)CC1. The van der Waals surface area contributed by atoms with Gasteiger partial charge in [0.15, 0.2) is 9.84 Å².